The average Bonchev–Trinajstić information content (AvgIpc) is 2.99. The summed E-state index contributed by atoms with van der Waals surface area (Å²) in [7, 11) is -3.22. The van der Waals surface area contributed by atoms with Crippen molar-refractivity contribution in [1.82, 2.24) is 5.32 Å². The Kier molecular flexibility index (Phi) is 5.70. The number of hydrogen-bond acceptors (Lipinski definition) is 4. The van der Waals surface area contributed by atoms with E-state index in [9.17, 15) is 13.2 Å². The molecule has 7 heteroatoms. The number of nitrogens with one attached hydrogen (secondary N) is 1. The van der Waals surface area contributed by atoms with Gasteiger partial charge < -0.3 is 11.1 Å². The summed E-state index contributed by atoms with van der Waals surface area (Å²) in [6.07, 6.45) is 3.35. The summed E-state index contributed by atoms with van der Waals surface area (Å²) in [4.78, 5) is 12.9. The van der Waals surface area contributed by atoms with Crippen molar-refractivity contribution in [3.63, 3.8) is 0 Å². The highest BCUT2D eigenvalue weighted by molar-refractivity contribution is 7.91. The Balaban J connectivity index is 0.00000192. The van der Waals surface area contributed by atoms with E-state index in [-0.39, 0.29) is 41.9 Å². The number of amides is 1. The van der Waals surface area contributed by atoms with E-state index >= 15 is 0 Å². The highest BCUT2D eigenvalue weighted by Crippen LogP contribution is 2.35. The van der Waals surface area contributed by atoms with Gasteiger partial charge in [-0.05, 0) is 43.4 Å². The topological polar surface area (TPSA) is 89.3 Å². The van der Waals surface area contributed by atoms with Gasteiger partial charge in [0.25, 0.3) is 0 Å². The van der Waals surface area contributed by atoms with Crippen LogP contribution in [0.25, 0.3) is 0 Å². The van der Waals surface area contributed by atoms with Crippen LogP contribution in [-0.4, -0.2) is 26.6 Å². The molecule has 0 saturated heterocycles. The highest BCUT2D eigenvalue weighted by Gasteiger charge is 2.35. The standard InChI is InChI=1S/C16H22N2O3S.ClH/c17-10-11-4-3-6-12(11)16(19)18-14-8-9-22(20,21)15-7-2-1-5-13(14)15;/h1-2,5,7,11-12,14H,3-4,6,8-10,17H2,(H,18,19);1H/t11-,12-,14?;/m1./s1. The summed E-state index contributed by atoms with van der Waals surface area (Å²) in [5.74, 6) is 0.324. The zero-order chi connectivity index (χ0) is 15.7. The third-order valence-corrected chi connectivity index (χ3v) is 6.73. The average molecular weight is 359 g/mol. The van der Waals surface area contributed by atoms with Gasteiger partial charge in [-0.2, -0.15) is 0 Å². The number of rotatable bonds is 3. The van der Waals surface area contributed by atoms with Crippen molar-refractivity contribution in [1.29, 1.82) is 0 Å². The van der Waals surface area contributed by atoms with Crippen LogP contribution in [0, 0.1) is 11.8 Å². The largest absolute Gasteiger partial charge is 0.349 e. The van der Waals surface area contributed by atoms with E-state index in [1.54, 1.807) is 18.2 Å². The Bertz CT molecular complexity index is 678. The molecule has 2 aliphatic rings. The normalized spacial score (nSPS) is 28.5. The smallest absolute Gasteiger partial charge is 0.223 e. The lowest BCUT2D eigenvalue weighted by molar-refractivity contribution is -0.126. The highest BCUT2D eigenvalue weighted by atomic mass is 35.5. The minimum absolute atomic E-state index is 0. The van der Waals surface area contributed by atoms with Gasteiger partial charge in [-0.3, -0.25) is 4.79 Å². The van der Waals surface area contributed by atoms with Crippen molar-refractivity contribution >= 4 is 28.2 Å². The van der Waals surface area contributed by atoms with Gasteiger partial charge >= 0.3 is 0 Å². The van der Waals surface area contributed by atoms with E-state index in [0.717, 1.165) is 19.3 Å². The van der Waals surface area contributed by atoms with Gasteiger partial charge in [0.1, 0.15) is 0 Å². The molecule has 1 aromatic rings. The number of carbonyl (C=O) groups excluding carboxylic acids is 1. The molecule has 5 nitrogen and oxygen atoms in total. The molecule has 1 amide bonds. The molecule has 1 heterocycles. The van der Waals surface area contributed by atoms with Crippen LogP contribution in [0.2, 0.25) is 0 Å². The minimum Gasteiger partial charge on any atom is -0.349 e. The molecule has 0 spiro atoms. The minimum atomic E-state index is -3.22. The van der Waals surface area contributed by atoms with Crippen LogP contribution in [0.1, 0.15) is 37.3 Å². The molecule has 23 heavy (non-hydrogen) atoms. The van der Waals surface area contributed by atoms with Gasteiger partial charge in [0.2, 0.25) is 5.91 Å². The molecule has 1 aromatic carbocycles. The molecular weight excluding hydrogens is 336 g/mol. The van der Waals surface area contributed by atoms with Crippen molar-refractivity contribution in [2.45, 2.75) is 36.6 Å². The fourth-order valence-electron chi connectivity index (χ4n) is 3.68. The second kappa shape index (κ2) is 7.20. The van der Waals surface area contributed by atoms with Crippen LogP contribution in [0.15, 0.2) is 29.2 Å². The molecule has 0 aromatic heterocycles. The second-order valence-electron chi connectivity index (χ2n) is 6.24. The van der Waals surface area contributed by atoms with Gasteiger partial charge in [-0.25, -0.2) is 8.42 Å². The van der Waals surface area contributed by atoms with Gasteiger partial charge in [0.05, 0.1) is 16.7 Å². The molecular formula is C16H23ClN2O3S. The van der Waals surface area contributed by atoms with Crippen LogP contribution < -0.4 is 11.1 Å². The second-order valence-corrected chi connectivity index (χ2v) is 8.32. The first kappa shape index (κ1) is 18.2. The molecule has 3 rings (SSSR count). The molecule has 0 bridgehead atoms. The number of benzene rings is 1. The van der Waals surface area contributed by atoms with Crippen molar-refractivity contribution in [3.8, 4) is 0 Å². The van der Waals surface area contributed by atoms with Gasteiger partial charge in [-0.15, -0.1) is 12.4 Å². The van der Waals surface area contributed by atoms with E-state index in [2.05, 4.69) is 5.32 Å². The first-order valence-corrected chi connectivity index (χ1v) is 9.50. The number of halogens is 1. The Hall–Kier alpha value is -1.11. The van der Waals surface area contributed by atoms with E-state index in [0.29, 0.717) is 23.4 Å². The van der Waals surface area contributed by atoms with Gasteiger partial charge in [0.15, 0.2) is 9.84 Å². The SMILES string of the molecule is Cl.NC[C@H]1CCC[C@H]1C(=O)NC1CCS(=O)(=O)c2ccccc21. The summed E-state index contributed by atoms with van der Waals surface area (Å²) in [6, 6.07) is 6.75. The lowest BCUT2D eigenvalue weighted by Gasteiger charge is -2.28. The zero-order valence-electron chi connectivity index (χ0n) is 12.9. The molecule has 1 aliphatic heterocycles. The maximum absolute atomic E-state index is 12.5. The fraction of sp³-hybridized carbons (Fsp3) is 0.562. The van der Waals surface area contributed by atoms with E-state index < -0.39 is 9.84 Å². The third-order valence-electron chi connectivity index (χ3n) is 4.92. The van der Waals surface area contributed by atoms with E-state index in [1.807, 2.05) is 6.07 Å². The first-order valence-electron chi connectivity index (χ1n) is 7.85. The van der Waals surface area contributed by atoms with Gasteiger partial charge in [0, 0.05) is 5.92 Å². The Labute approximate surface area is 143 Å². The molecule has 1 saturated carbocycles. The lowest BCUT2D eigenvalue weighted by Crippen LogP contribution is -2.39. The number of fused-ring (bicyclic) bond motifs is 1. The van der Waals surface area contributed by atoms with Crippen LogP contribution in [0.5, 0.6) is 0 Å². The Morgan fingerprint density at radius 1 is 1.22 bits per heavy atom. The Morgan fingerprint density at radius 2 is 1.96 bits per heavy atom. The molecule has 1 aliphatic carbocycles. The molecule has 3 N–H and O–H groups in total. The molecule has 0 radical (unpaired) electrons. The number of carbonyl (C=O) groups is 1. The van der Waals surface area contributed by atoms with Crippen molar-refractivity contribution in [3.05, 3.63) is 29.8 Å². The van der Waals surface area contributed by atoms with Crippen molar-refractivity contribution in [2.75, 3.05) is 12.3 Å². The zero-order valence-corrected chi connectivity index (χ0v) is 14.5. The van der Waals surface area contributed by atoms with E-state index in [1.165, 1.54) is 0 Å². The maximum atomic E-state index is 12.5. The summed E-state index contributed by atoms with van der Waals surface area (Å²) in [5, 5.41) is 3.06. The van der Waals surface area contributed by atoms with Gasteiger partial charge in [-0.1, -0.05) is 24.6 Å². The maximum Gasteiger partial charge on any atom is 0.223 e. The lowest BCUT2D eigenvalue weighted by atomic mass is 9.94. The summed E-state index contributed by atoms with van der Waals surface area (Å²) in [6.45, 7) is 0.535. The predicted octanol–water partition coefficient (Wildman–Crippen LogP) is 1.82. The Morgan fingerprint density at radius 3 is 2.70 bits per heavy atom. The number of sulfone groups is 1. The van der Waals surface area contributed by atoms with Crippen LogP contribution in [0.4, 0.5) is 0 Å². The summed E-state index contributed by atoms with van der Waals surface area (Å²) in [5.41, 5.74) is 6.46. The first-order chi connectivity index (χ1) is 10.5. The molecule has 1 unspecified atom stereocenters. The third kappa shape index (κ3) is 3.54. The monoisotopic (exact) mass is 358 g/mol. The quantitative estimate of drug-likeness (QED) is 0.862. The van der Waals surface area contributed by atoms with E-state index in [4.69, 9.17) is 5.73 Å². The van der Waals surface area contributed by atoms with Crippen molar-refractivity contribution in [2.24, 2.45) is 17.6 Å². The molecule has 3 atom stereocenters. The summed E-state index contributed by atoms with van der Waals surface area (Å²) >= 11 is 0. The fourth-order valence-corrected chi connectivity index (χ4v) is 5.30. The van der Waals surface area contributed by atoms with Crippen LogP contribution in [-0.2, 0) is 14.6 Å². The van der Waals surface area contributed by atoms with Crippen LogP contribution in [0.3, 0.4) is 0 Å². The van der Waals surface area contributed by atoms with Crippen LogP contribution >= 0.6 is 12.4 Å². The summed E-state index contributed by atoms with van der Waals surface area (Å²) < 4.78 is 24.3. The van der Waals surface area contributed by atoms with Crippen molar-refractivity contribution < 1.29 is 13.2 Å². The molecule has 128 valence electrons. The molecule has 1 fully saturated rings. The predicted molar refractivity (Wildman–Crippen MR) is 91.1 cm³/mol. The number of nitrogens with two attached hydrogens (primary N) is 1. The number of hydrogen-bond donors (Lipinski definition) is 2.